The van der Waals surface area contributed by atoms with E-state index in [2.05, 4.69) is 10.3 Å². The number of nitrogens with one attached hydrogen (secondary N) is 1. The molecular weight excluding hydrogens is 254 g/mol. The molecule has 2 aromatic rings. The van der Waals surface area contributed by atoms with Gasteiger partial charge >= 0.3 is 0 Å². The highest BCUT2D eigenvalue weighted by molar-refractivity contribution is 7.07. The van der Waals surface area contributed by atoms with E-state index in [1.807, 2.05) is 5.38 Å². The summed E-state index contributed by atoms with van der Waals surface area (Å²) in [7, 11) is 1.47. The fourth-order valence-electron chi connectivity index (χ4n) is 1.45. The van der Waals surface area contributed by atoms with Crippen molar-refractivity contribution >= 4 is 22.7 Å². The maximum absolute atomic E-state index is 10.9. The van der Waals surface area contributed by atoms with Crippen molar-refractivity contribution < 1.29 is 9.66 Å². The lowest BCUT2D eigenvalue weighted by Gasteiger charge is -2.07. The number of anilines is 1. The molecule has 0 fully saturated rings. The molecule has 0 saturated carbocycles. The van der Waals surface area contributed by atoms with Crippen LogP contribution in [0.15, 0.2) is 29.1 Å². The van der Waals surface area contributed by atoms with Crippen LogP contribution in [0, 0.1) is 10.1 Å². The fraction of sp³-hybridized carbons (Fsp3) is 0.182. The number of thiazole rings is 1. The molecule has 0 radical (unpaired) electrons. The monoisotopic (exact) mass is 265 g/mol. The highest BCUT2D eigenvalue weighted by Crippen LogP contribution is 2.29. The summed E-state index contributed by atoms with van der Waals surface area (Å²) in [6.07, 6.45) is 0. The second kappa shape index (κ2) is 5.46. The topological polar surface area (TPSA) is 77.3 Å². The van der Waals surface area contributed by atoms with Crippen LogP contribution in [-0.4, -0.2) is 17.0 Å². The van der Waals surface area contributed by atoms with Gasteiger partial charge in [-0.1, -0.05) is 0 Å². The van der Waals surface area contributed by atoms with Gasteiger partial charge in [0.15, 0.2) is 0 Å². The molecule has 6 nitrogen and oxygen atoms in total. The van der Waals surface area contributed by atoms with Gasteiger partial charge in [-0.25, -0.2) is 4.98 Å². The number of nitro benzene ring substituents is 1. The van der Waals surface area contributed by atoms with Gasteiger partial charge in [0.05, 0.1) is 35.8 Å². The molecular formula is C11H11N3O3S. The number of nitro groups is 1. The Bertz CT molecular complexity index is 542. The van der Waals surface area contributed by atoms with E-state index in [0.29, 0.717) is 18.0 Å². The number of aromatic nitrogens is 1. The van der Waals surface area contributed by atoms with E-state index in [4.69, 9.17) is 4.74 Å². The van der Waals surface area contributed by atoms with Crippen molar-refractivity contribution in [3.63, 3.8) is 0 Å². The van der Waals surface area contributed by atoms with Crippen LogP contribution in [0.2, 0.25) is 0 Å². The predicted octanol–water partition coefficient (Wildman–Crippen LogP) is 2.67. The number of hydrogen-bond donors (Lipinski definition) is 1. The number of methoxy groups -OCH3 is 1. The van der Waals surface area contributed by atoms with Crippen LogP contribution >= 0.6 is 11.3 Å². The predicted molar refractivity (Wildman–Crippen MR) is 69.1 cm³/mol. The third-order valence-corrected chi connectivity index (χ3v) is 2.98. The Balaban J connectivity index is 2.18. The highest BCUT2D eigenvalue weighted by atomic mass is 32.1. The minimum atomic E-state index is -0.439. The molecule has 0 aliphatic carbocycles. The molecule has 2 rings (SSSR count). The molecule has 1 aromatic carbocycles. The summed E-state index contributed by atoms with van der Waals surface area (Å²) in [5.41, 5.74) is 3.02. The maximum Gasteiger partial charge on any atom is 0.296 e. The van der Waals surface area contributed by atoms with E-state index in [1.165, 1.54) is 24.5 Å². The molecule has 0 atom stereocenters. The van der Waals surface area contributed by atoms with Gasteiger partial charge in [-0.3, -0.25) is 10.1 Å². The lowest BCUT2D eigenvalue weighted by atomic mass is 10.2. The highest BCUT2D eigenvalue weighted by Gasteiger charge is 2.14. The third kappa shape index (κ3) is 2.75. The standard InChI is InChI=1S/C11H11N3O3S/c1-17-9-2-3-10(11(4-9)14(15)16)12-5-8-6-18-7-13-8/h2-4,6-7,12H,5H2,1H3. The van der Waals surface area contributed by atoms with Crippen molar-refractivity contribution in [3.8, 4) is 5.75 Å². The van der Waals surface area contributed by atoms with Gasteiger partial charge in [-0.2, -0.15) is 0 Å². The summed E-state index contributed by atoms with van der Waals surface area (Å²) < 4.78 is 4.97. The largest absolute Gasteiger partial charge is 0.496 e. The Labute approximate surface area is 107 Å². The van der Waals surface area contributed by atoms with E-state index in [-0.39, 0.29) is 5.69 Å². The van der Waals surface area contributed by atoms with Gasteiger partial charge in [0.25, 0.3) is 5.69 Å². The Morgan fingerprint density at radius 2 is 2.39 bits per heavy atom. The first-order chi connectivity index (χ1) is 8.70. The van der Waals surface area contributed by atoms with Crippen LogP contribution in [0.4, 0.5) is 11.4 Å². The summed E-state index contributed by atoms with van der Waals surface area (Å²) in [6, 6.07) is 4.70. The summed E-state index contributed by atoms with van der Waals surface area (Å²) in [5.74, 6) is 0.459. The number of benzene rings is 1. The molecule has 1 N–H and O–H groups in total. The Morgan fingerprint density at radius 3 is 3.00 bits per heavy atom. The van der Waals surface area contributed by atoms with E-state index in [1.54, 1.807) is 17.6 Å². The number of rotatable bonds is 5. The van der Waals surface area contributed by atoms with E-state index in [0.717, 1.165) is 5.69 Å². The zero-order valence-corrected chi connectivity index (χ0v) is 10.4. The molecule has 0 saturated heterocycles. The van der Waals surface area contributed by atoms with Crippen molar-refractivity contribution in [1.82, 2.24) is 4.98 Å². The minimum absolute atomic E-state index is 0.00965. The first kappa shape index (κ1) is 12.3. The van der Waals surface area contributed by atoms with Crippen LogP contribution < -0.4 is 10.1 Å². The summed E-state index contributed by atoms with van der Waals surface area (Å²) in [4.78, 5) is 14.6. The molecule has 7 heteroatoms. The molecule has 18 heavy (non-hydrogen) atoms. The first-order valence-electron chi connectivity index (χ1n) is 5.14. The van der Waals surface area contributed by atoms with Crippen molar-refractivity contribution in [2.45, 2.75) is 6.54 Å². The molecule has 0 unspecified atom stereocenters. The lowest BCUT2D eigenvalue weighted by molar-refractivity contribution is -0.384. The Kier molecular flexibility index (Phi) is 3.73. The third-order valence-electron chi connectivity index (χ3n) is 2.35. The van der Waals surface area contributed by atoms with E-state index in [9.17, 15) is 10.1 Å². The smallest absolute Gasteiger partial charge is 0.296 e. The average molecular weight is 265 g/mol. The molecule has 94 valence electrons. The van der Waals surface area contributed by atoms with Gasteiger partial charge in [0.1, 0.15) is 11.4 Å². The molecule has 0 amide bonds. The van der Waals surface area contributed by atoms with Gasteiger partial charge in [0, 0.05) is 5.38 Å². The van der Waals surface area contributed by atoms with Crippen molar-refractivity contribution in [2.75, 3.05) is 12.4 Å². The van der Waals surface area contributed by atoms with Gasteiger partial charge in [0.2, 0.25) is 0 Å². The number of hydrogen-bond acceptors (Lipinski definition) is 6. The normalized spacial score (nSPS) is 10.1. The van der Waals surface area contributed by atoms with Crippen molar-refractivity contribution in [1.29, 1.82) is 0 Å². The zero-order valence-electron chi connectivity index (χ0n) is 9.62. The Hall–Kier alpha value is -2.15. The van der Waals surface area contributed by atoms with Crippen LogP contribution in [0.25, 0.3) is 0 Å². The summed E-state index contributed by atoms with van der Waals surface area (Å²) in [5, 5.41) is 15.8. The lowest BCUT2D eigenvalue weighted by Crippen LogP contribution is -2.03. The van der Waals surface area contributed by atoms with E-state index < -0.39 is 4.92 Å². The SMILES string of the molecule is COc1ccc(NCc2cscn2)c([N+](=O)[O-])c1. The average Bonchev–Trinajstić information content (AvgIpc) is 2.89. The van der Waals surface area contributed by atoms with Gasteiger partial charge in [-0.05, 0) is 12.1 Å². The second-order valence-corrected chi connectivity index (χ2v) is 4.19. The maximum atomic E-state index is 10.9. The summed E-state index contributed by atoms with van der Waals surface area (Å²) >= 11 is 1.49. The number of ether oxygens (including phenoxy) is 1. The zero-order chi connectivity index (χ0) is 13.0. The van der Waals surface area contributed by atoms with Crippen LogP contribution in [-0.2, 0) is 6.54 Å². The Morgan fingerprint density at radius 1 is 1.56 bits per heavy atom. The van der Waals surface area contributed by atoms with Crippen LogP contribution in [0.1, 0.15) is 5.69 Å². The van der Waals surface area contributed by atoms with Crippen LogP contribution in [0.3, 0.4) is 0 Å². The molecule has 0 aliphatic heterocycles. The molecule has 0 aliphatic rings. The van der Waals surface area contributed by atoms with E-state index >= 15 is 0 Å². The fourth-order valence-corrected chi connectivity index (χ4v) is 2.01. The van der Waals surface area contributed by atoms with Crippen molar-refractivity contribution in [2.24, 2.45) is 0 Å². The van der Waals surface area contributed by atoms with Crippen molar-refractivity contribution in [3.05, 3.63) is 44.9 Å². The van der Waals surface area contributed by atoms with Gasteiger partial charge < -0.3 is 10.1 Å². The summed E-state index contributed by atoms with van der Waals surface area (Å²) in [6.45, 7) is 0.455. The number of nitrogens with zero attached hydrogens (tertiary/aromatic N) is 2. The quantitative estimate of drug-likeness (QED) is 0.664. The van der Waals surface area contributed by atoms with Crippen LogP contribution in [0.5, 0.6) is 5.75 Å². The minimum Gasteiger partial charge on any atom is -0.496 e. The molecule has 0 spiro atoms. The second-order valence-electron chi connectivity index (χ2n) is 3.47. The molecule has 0 bridgehead atoms. The molecule has 1 aromatic heterocycles. The van der Waals surface area contributed by atoms with Gasteiger partial charge in [-0.15, -0.1) is 11.3 Å². The molecule has 1 heterocycles. The first-order valence-corrected chi connectivity index (χ1v) is 6.08.